The van der Waals surface area contributed by atoms with Crippen LogP contribution in [0.2, 0.25) is 0 Å². The number of nitrogens with one attached hydrogen (secondary N) is 2. The quantitative estimate of drug-likeness (QED) is 0.813. The molecule has 0 radical (unpaired) electrons. The van der Waals surface area contributed by atoms with Gasteiger partial charge in [-0.15, -0.1) is 0 Å². The number of likely N-dealkylation sites (tertiary alicyclic amines) is 1. The molecule has 4 N–H and O–H groups in total. The number of pyridine rings is 1. The number of benzene rings is 1. The summed E-state index contributed by atoms with van der Waals surface area (Å²) < 4.78 is 13.6. The Bertz CT molecular complexity index is 691. The van der Waals surface area contributed by atoms with Gasteiger partial charge in [0.1, 0.15) is 11.6 Å². The van der Waals surface area contributed by atoms with Crippen LogP contribution >= 0.6 is 0 Å². The molecule has 0 bridgehead atoms. The van der Waals surface area contributed by atoms with E-state index in [4.69, 9.17) is 5.73 Å². The summed E-state index contributed by atoms with van der Waals surface area (Å²) in [6.45, 7) is 1.14. The monoisotopic (exact) mass is 315 g/mol. The van der Waals surface area contributed by atoms with Crippen LogP contribution in [-0.4, -0.2) is 35.0 Å². The average Bonchev–Trinajstić information content (AvgIpc) is 3.00. The van der Waals surface area contributed by atoms with Gasteiger partial charge in [-0.3, -0.25) is 0 Å². The van der Waals surface area contributed by atoms with E-state index in [2.05, 4.69) is 15.6 Å². The lowest BCUT2D eigenvalue weighted by Gasteiger charge is -2.18. The molecular formula is C16H18FN5O. The minimum absolute atomic E-state index is 0.109. The van der Waals surface area contributed by atoms with Crippen molar-refractivity contribution < 1.29 is 9.18 Å². The highest BCUT2D eigenvalue weighted by atomic mass is 19.1. The Balaban J connectivity index is 1.55. The molecule has 1 aliphatic rings. The van der Waals surface area contributed by atoms with Crippen molar-refractivity contribution in [3.8, 4) is 0 Å². The molecule has 3 rings (SSSR count). The molecule has 1 fully saturated rings. The van der Waals surface area contributed by atoms with Gasteiger partial charge in [0.05, 0.1) is 17.6 Å². The molecule has 1 aromatic carbocycles. The number of halogens is 1. The molecule has 0 aliphatic carbocycles. The number of hydrogen-bond donors (Lipinski definition) is 3. The minimum atomic E-state index is -0.444. The van der Waals surface area contributed by atoms with Gasteiger partial charge in [-0.05, 0) is 30.7 Å². The molecule has 1 saturated heterocycles. The van der Waals surface area contributed by atoms with Crippen LogP contribution in [0.15, 0.2) is 42.6 Å². The molecule has 23 heavy (non-hydrogen) atoms. The first-order chi connectivity index (χ1) is 11.1. The molecular weight excluding hydrogens is 297 g/mol. The highest BCUT2D eigenvalue weighted by Crippen LogP contribution is 2.18. The number of carbonyl (C=O) groups is 1. The second-order valence-corrected chi connectivity index (χ2v) is 5.46. The molecule has 1 aromatic heterocycles. The summed E-state index contributed by atoms with van der Waals surface area (Å²) >= 11 is 0. The summed E-state index contributed by atoms with van der Waals surface area (Å²) in [4.78, 5) is 18.0. The maximum Gasteiger partial charge on any atom is 0.321 e. The van der Waals surface area contributed by atoms with Crippen molar-refractivity contribution in [3.05, 3.63) is 48.4 Å². The third-order valence-electron chi connectivity index (χ3n) is 3.73. The maximum atomic E-state index is 13.6. The lowest BCUT2D eigenvalue weighted by Crippen LogP contribution is -2.35. The van der Waals surface area contributed by atoms with Gasteiger partial charge in [0, 0.05) is 19.1 Å². The first-order valence-electron chi connectivity index (χ1n) is 7.40. The molecule has 0 unspecified atom stereocenters. The standard InChI is InChI=1S/C16H18FN5O/c17-13-3-1-2-4-14(13)21-16(23)22-8-7-12(10-22)20-15-6-5-11(18)9-19-15/h1-6,9,12H,7-8,10,18H2,(H,19,20)(H,21,23)/t12-/m0/s1. The van der Waals surface area contributed by atoms with Crippen LogP contribution in [0.3, 0.4) is 0 Å². The average molecular weight is 315 g/mol. The number of nitrogens with two attached hydrogens (primary N) is 1. The summed E-state index contributed by atoms with van der Waals surface area (Å²) in [5.74, 6) is 0.279. The second kappa shape index (κ2) is 6.51. The predicted molar refractivity (Wildman–Crippen MR) is 87.7 cm³/mol. The summed E-state index contributed by atoms with van der Waals surface area (Å²) in [5.41, 5.74) is 6.39. The third kappa shape index (κ3) is 3.68. The van der Waals surface area contributed by atoms with Gasteiger partial charge >= 0.3 is 6.03 Å². The van der Waals surface area contributed by atoms with E-state index in [1.165, 1.54) is 12.1 Å². The van der Waals surface area contributed by atoms with Gasteiger partial charge in [0.25, 0.3) is 0 Å². The van der Waals surface area contributed by atoms with Crippen molar-refractivity contribution >= 4 is 23.2 Å². The molecule has 2 heterocycles. The zero-order valence-corrected chi connectivity index (χ0v) is 12.5. The van der Waals surface area contributed by atoms with E-state index >= 15 is 0 Å². The number of aromatic nitrogens is 1. The van der Waals surface area contributed by atoms with E-state index in [0.29, 0.717) is 18.8 Å². The number of anilines is 3. The van der Waals surface area contributed by atoms with Crippen LogP contribution < -0.4 is 16.4 Å². The van der Waals surface area contributed by atoms with E-state index in [1.807, 2.05) is 0 Å². The zero-order chi connectivity index (χ0) is 16.2. The largest absolute Gasteiger partial charge is 0.397 e. The van der Waals surface area contributed by atoms with Gasteiger partial charge in [0.15, 0.2) is 0 Å². The number of rotatable bonds is 3. The van der Waals surface area contributed by atoms with Crippen LogP contribution in [0, 0.1) is 5.82 Å². The van der Waals surface area contributed by atoms with E-state index in [0.717, 1.165) is 12.2 Å². The van der Waals surface area contributed by atoms with Gasteiger partial charge in [-0.1, -0.05) is 12.1 Å². The Morgan fingerprint density at radius 2 is 2.13 bits per heavy atom. The third-order valence-corrected chi connectivity index (χ3v) is 3.73. The van der Waals surface area contributed by atoms with Gasteiger partial charge in [-0.2, -0.15) is 0 Å². The van der Waals surface area contributed by atoms with Crippen molar-refractivity contribution in [2.45, 2.75) is 12.5 Å². The van der Waals surface area contributed by atoms with Crippen LogP contribution in [0.1, 0.15) is 6.42 Å². The lowest BCUT2D eigenvalue weighted by molar-refractivity contribution is 0.222. The Labute approximate surface area is 133 Å². The molecule has 7 heteroatoms. The summed E-state index contributed by atoms with van der Waals surface area (Å²) in [7, 11) is 0. The van der Waals surface area contributed by atoms with Crippen molar-refractivity contribution in [3.63, 3.8) is 0 Å². The smallest absolute Gasteiger partial charge is 0.321 e. The summed E-state index contributed by atoms with van der Waals surface area (Å²) in [6, 6.07) is 9.50. The fraction of sp³-hybridized carbons (Fsp3) is 0.250. The van der Waals surface area contributed by atoms with Crippen LogP contribution in [0.5, 0.6) is 0 Å². The predicted octanol–water partition coefficient (Wildman–Crippen LogP) is 2.52. The second-order valence-electron chi connectivity index (χ2n) is 5.46. The maximum absolute atomic E-state index is 13.6. The Kier molecular flexibility index (Phi) is 4.27. The highest BCUT2D eigenvalue weighted by molar-refractivity contribution is 5.89. The lowest BCUT2D eigenvalue weighted by atomic mass is 10.2. The minimum Gasteiger partial charge on any atom is -0.397 e. The Morgan fingerprint density at radius 1 is 1.30 bits per heavy atom. The highest BCUT2D eigenvalue weighted by Gasteiger charge is 2.26. The van der Waals surface area contributed by atoms with E-state index in [1.54, 1.807) is 35.4 Å². The molecule has 1 atom stereocenters. The summed E-state index contributed by atoms with van der Waals surface area (Å²) in [6.07, 6.45) is 2.39. The number of carbonyl (C=O) groups excluding carboxylic acids is 1. The zero-order valence-electron chi connectivity index (χ0n) is 12.5. The first kappa shape index (κ1) is 15.1. The molecule has 6 nitrogen and oxygen atoms in total. The van der Waals surface area contributed by atoms with E-state index in [9.17, 15) is 9.18 Å². The molecule has 0 saturated carbocycles. The number of hydrogen-bond acceptors (Lipinski definition) is 4. The number of nitrogen functional groups attached to an aromatic ring is 1. The van der Waals surface area contributed by atoms with Crippen molar-refractivity contribution in [2.24, 2.45) is 0 Å². The topological polar surface area (TPSA) is 83.3 Å². The van der Waals surface area contributed by atoms with Gasteiger partial charge in [-0.25, -0.2) is 14.2 Å². The van der Waals surface area contributed by atoms with Gasteiger partial charge < -0.3 is 21.3 Å². The van der Waals surface area contributed by atoms with Crippen molar-refractivity contribution in [1.29, 1.82) is 0 Å². The van der Waals surface area contributed by atoms with E-state index in [-0.39, 0.29) is 17.8 Å². The number of urea groups is 1. The number of amides is 2. The fourth-order valence-electron chi connectivity index (χ4n) is 2.52. The van der Waals surface area contributed by atoms with Gasteiger partial charge in [0.2, 0.25) is 0 Å². The molecule has 0 spiro atoms. The first-order valence-corrected chi connectivity index (χ1v) is 7.40. The van der Waals surface area contributed by atoms with Crippen molar-refractivity contribution in [2.75, 3.05) is 29.5 Å². The van der Waals surface area contributed by atoms with Crippen LogP contribution in [-0.2, 0) is 0 Å². The van der Waals surface area contributed by atoms with Crippen LogP contribution in [0.25, 0.3) is 0 Å². The Morgan fingerprint density at radius 3 is 2.87 bits per heavy atom. The normalized spacial score (nSPS) is 17.1. The van der Waals surface area contributed by atoms with Crippen LogP contribution in [0.4, 0.5) is 26.4 Å². The molecule has 120 valence electrons. The number of para-hydroxylation sites is 1. The molecule has 1 aliphatic heterocycles. The van der Waals surface area contributed by atoms with Crippen molar-refractivity contribution in [1.82, 2.24) is 9.88 Å². The molecule has 2 amide bonds. The fourth-order valence-corrected chi connectivity index (χ4v) is 2.52. The molecule has 2 aromatic rings. The summed E-state index contributed by atoms with van der Waals surface area (Å²) in [5, 5.41) is 5.86. The Hall–Kier alpha value is -2.83. The SMILES string of the molecule is Nc1ccc(N[C@H]2CCN(C(=O)Nc3ccccc3F)C2)nc1. The number of nitrogens with zero attached hydrogens (tertiary/aromatic N) is 2. The van der Waals surface area contributed by atoms with E-state index < -0.39 is 5.82 Å².